The van der Waals surface area contributed by atoms with Crippen molar-refractivity contribution in [3.63, 3.8) is 0 Å². The average molecular weight is 276 g/mol. The first kappa shape index (κ1) is 12.8. The number of hydrogen-bond acceptors (Lipinski definition) is 4. The number of benzene rings is 1. The Morgan fingerprint density at radius 3 is 2.60 bits per heavy atom. The van der Waals surface area contributed by atoms with Crippen LogP contribution in [0.15, 0.2) is 18.2 Å². The molecule has 1 aliphatic rings. The van der Waals surface area contributed by atoms with Gasteiger partial charge in [-0.25, -0.2) is 18.7 Å². The van der Waals surface area contributed by atoms with E-state index in [1.165, 1.54) is 6.07 Å². The first-order valence-corrected chi connectivity index (χ1v) is 6.40. The van der Waals surface area contributed by atoms with Crippen LogP contribution >= 0.6 is 0 Å². The fourth-order valence-corrected chi connectivity index (χ4v) is 1.91. The smallest absolute Gasteiger partial charge is 0.160 e. The molecule has 6 heteroatoms. The van der Waals surface area contributed by atoms with Crippen LogP contribution in [-0.4, -0.2) is 9.97 Å². The second kappa shape index (κ2) is 4.70. The Labute approximate surface area is 115 Å². The molecule has 0 saturated heterocycles. The van der Waals surface area contributed by atoms with Crippen molar-refractivity contribution in [3.05, 3.63) is 41.2 Å². The van der Waals surface area contributed by atoms with Crippen molar-refractivity contribution in [2.24, 2.45) is 0 Å². The van der Waals surface area contributed by atoms with Gasteiger partial charge in [0.2, 0.25) is 0 Å². The molecule has 0 aliphatic heterocycles. The first-order chi connectivity index (χ1) is 9.54. The van der Waals surface area contributed by atoms with E-state index in [2.05, 4.69) is 15.3 Å². The number of hydrogen-bond donors (Lipinski definition) is 2. The summed E-state index contributed by atoms with van der Waals surface area (Å²) in [7, 11) is 0. The van der Waals surface area contributed by atoms with Gasteiger partial charge in [0.1, 0.15) is 17.5 Å². The summed E-state index contributed by atoms with van der Waals surface area (Å²) in [6, 6.07) is 3.61. The zero-order chi connectivity index (χ0) is 14.3. The van der Waals surface area contributed by atoms with Gasteiger partial charge in [0, 0.05) is 23.2 Å². The summed E-state index contributed by atoms with van der Waals surface area (Å²) >= 11 is 0. The van der Waals surface area contributed by atoms with Crippen molar-refractivity contribution >= 4 is 17.3 Å². The Morgan fingerprint density at radius 1 is 1.20 bits per heavy atom. The van der Waals surface area contributed by atoms with Gasteiger partial charge in [0.25, 0.3) is 0 Å². The standard InChI is InChI=1S/C14H14F2N4/c1-7-12(17)19-14(8-2-3-8)20-13(7)18-9-4-5-10(15)11(16)6-9/h4-6,8H,2-3H2,1H3,(H3,17,18,19,20). The molecule has 0 spiro atoms. The molecular formula is C14H14F2N4. The summed E-state index contributed by atoms with van der Waals surface area (Å²) in [6.45, 7) is 1.79. The second-order valence-corrected chi connectivity index (χ2v) is 4.97. The Bertz CT molecular complexity index is 668. The fourth-order valence-electron chi connectivity index (χ4n) is 1.91. The van der Waals surface area contributed by atoms with E-state index in [-0.39, 0.29) is 0 Å². The predicted octanol–water partition coefficient (Wildman–Crippen LogP) is 3.27. The van der Waals surface area contributed by atoms with E-state index < -0.39 is 11.6 Å². The van der Waals surface area contributed by atoms with Gasteiger partial charge in [-0.2, -0.15) is 0 Å². The highest BCUT2D eigenvalue weighted by atomic mass is 19.2. The molecular weight excluding hydrogens is 262 g/mol. The zero-order valence-corrected chi connectivity index (χ0v) is 11.0. The molecule has 0 bridgehead atoms. The SMILES string of the molecule is Cc1c(N)nc(C2CC2)nc1Nc1ccc(F)c(F)c1. The number of aromatic nitrogens is 2. The van der Waals surface area contributed by atoms with E-state index in [4.69, 9.17) is 5.73 Å². The first-order valence-electron chi connectivity index (χ1n) is 6.40. The Balaban J connectivity index is 1.94. The van der Waals surface area contributed by atoms with Crippen molar-refractivity contribution in [1.29, 1.82) is 0 Å². The van der Waals surface area contributed by atoms with Crippen LogP contribution in [0.3, 0.4) is 0 Å². The maximum Gasteiger partial charge on any atom is 0.160 e. The number of nitrogens with zero attached hydrogens (tertiary/aromatic N) is 2. The van der Waals surface area contributed by atoms with E-state index in [0.29, 0.717) is 34.6 Å². The lowest BCUT2D eigenvalue weighted by Gasteiger charge is -2.12. The van der Waals surface area contributed by atoms with Crippen LogP contribution in [0.1, 0.15) is 30.1 Å². The van der Waals surface area contributed by atoms with Gasteiger partial charge in [0.05, 0.1) is 0 Å². The predicted molar refractivity (Wildman–Crippen MR) is 72.8 cm³/mol. The molecule has 1 fully saturated rings. The zero-order valence-electron chi connectivity index (χ0n) is 11.0. The van der Waals surface area contributed by atoms with Gasteiger partial charge in [-0.1, -0.05) is 0 Å². The van der Waals surface area contributed by atoms with E-state index in [9.17, 15) is 8.78 Å². The topological polar surface area (TPSA) is 63.8 Å². The quantitative estimate of drug-likeness (QED) is 0.903. The molecule has 1 aromatic carbocycles. The lowest BCUT2D eigenvalue weighted by molar-refractivity contribution is 0.509. The van der Waals surface area contributed by atoms with E-state index in [1.807, 2.05) is 0 Å². The van der Waals surface area contributed by atoms with Crippen molar-refractivity contribution in [3.8, 4) is 0 Å². The van der Waals surface area contributed by atoms with Gasteiger partial charge < -0.3 is 11.1 Å². The number of nitrogens with two attached hydrogens (primary N) is 1. The summed E-state index contributed by atoms with van der Waals surface area (Å²) in [5.74, 6) is 0.226. The molecule has 2 aromatic rings. The lowest BCUT2D eigenvalue weighted by atomic mass is 10.2. The maximum atomic E-state index is 13.2. The molecule has 1 aromatic heterocycles. The Morgan fingerprint density at radius 2 is 1.95 bits per heavy atom. The van der Waals surface area contributed by atoms with Gasteiger partial charge in [-0.05, 0) is 31.9 Å². The van der Waals surface area contributed by atoms with Gasteiger partial charge >= 0.3 is 0 Å². The molecule has 0 amide bonds. The summed E-state index contributed by atoms with van der Waals surface area (Å²) in [4.78, 5) is 8.69. The summed E-state index contributed by atoms with van der Waals surface area (Å²) in [5.41, 5.74) is 6.99. The average Bonchev–Trinajstić information content (AvgIpc) is 3.23. The van der Waals surface area contributed by atoms with Crippen LogP contribution in [0.4, 0.5) is 26.1 Å². The third-order valence-corrected chi connectivity index (χ3v) is 3.33. The molecule has 0 radical (unpaired) electrons. The van der Waals surface area contributed by atoms with E-state index >= 15 is 0 Å². The number of nitrogen functional groups attached to an aromatic ring is 1. The highest BCUT2D eigenvalue weighted by Crippen LogP contribution is 2.39. The molecule has 0 unspecified atom stereocenters. The molecule has 1 heterocycles. The van der Waals surface area contributed by atoms with Crippen molar-refractivity contribution in [1.82, 2.24) is 9.97 Å². The molecule has 104 valence electrons. The minimum atomic E-state index is -0.905. The molecule has 1 saturated carbocycles. The number of anilines is 3. The van der Waals surface area contributed by atoms with E-state index in [0.717, 1.165) is 25.0 Å². The Hall–Kier alpha value is -2.24. The molecule has 1 aliphatic carbocycles. The van der Waals surface area contributed by atoms with Crippen LogP contribution in [-0.2, 0) is 0 Å². The summed E-state index contributed by atoms with van der Waals surface area (Å²) in [6.07, 6.45) is 2.13. The number of nitrogens with one attached hydrogen (secondary N) is 1. The third-order valence-electron chi connectivity index (χ3n) is 3.33. The normalized spacial score (nSPS) is 14.3. The molecule has 0 atom stereocenters. The van der Waals surface area contributed by atoms with Crippen molar-refractivity contribution < 1.29 is 8.78 Å². The summed E-state index contributed by atoms with van der Waals surface area (Å²) < 4.78 is 26.1. The highest BCUT2D eigenvalue weighted by Gasteiger charge is 2.27. The van der Waals surface area contributed by atoms with Crippen LogP contribution in [0.25, 0.3) is 0 Å². The molecule has 3 N–H and O–H groups in total. The van der Waals surface area contributed by atoms with Gasteiger partial charge in [-0.3, -0.25) is 0 Å². The highest BCUT2D eigenvalue weighted by molar-refractivity contribution is 5.63. The third kappa shape index (κ3) is 2.41. The van der Waals surface area contributed by atoms with Crippen LogP contribution in [0.2, 0.25) is 0 Å². The minimum absolute atomic E-state index is 0.364. The monoisotopic (exact) mass is 276 g/mol. The van der Waals surface area contributed by atoms with Crippen LogP contribution in [0.5, 0.6) is 0 Å². The largest absolute Gasteiger partial charge is 0.383 e. The molecule has 3 rings (SSSR count). The maximum absolute atomic E-state index is 13.2. The van der Waals surface area contributed by atoms with Crippen molar-refractivity contribution in [2.45, 2.75) is 25.7 Å². The minimum Gasteiger partial charge on any atom is -0.383 e. The fraction of sp³-hybridized carbons (Fsp3) is 0.286. The molecule has 20 heavy (non-hydrogen) atoms. The van der Waals surface area contributed by atoms with Crippen LogP contribution < -0.4 is 11.1 Å². The Kier molecular flexibility index (Phi) is 3.00. The van der Waals surface area contributed by atoms with Crippen molar-refractivity contribution in [2.75, 3.05) is 11.1 Å². The van der Waals surface area contributed by atoms with Gasteiger partial charge in [-0.15, -0.1) is 0 Å². The van der Waals surface area contributed by atoms with Gasteiger partial charge in [0.15, 0.2) is 11.6 Å². The lowest BCUT2D eigenvalue weighted by Crippen LogP contribution is -2.06. The number of halogens is 2. The molecule has 4 nitrogen and oxygen atoms in total. The van der Waals surface area contributed by atoms with Crippen LogP contribution in [0, 0.1) is 18.6 Å². The second-order valence-electron chi connectivity index (χ2n) is 4.97. The number of rotatable bonds is 3. The summed E-state index contributed by atoms with van der Waals surface area (Å²) in [5, 5.41) is 2.97. The van der Waals surface area contributed by atoms with E-state index in [1.54, 1.807) is 6.92 Å².